The number of piperazine rings is 1. The number of hydrogen-bond donors (Lipinski definition) is 1. The van der Waals surface area contributed by atoms with E-state index < -0.39 is 0 Å². The van der Waals surface area contributed by atoms with Crippen LogP contribution in [0.15, 0.2) is 6.07 Å². The molecule has 0 bridgehead atoms. The van der Waals surface area contributed by atoms with Gasteiger partial charge in [0, 0.05) is 33.2 Å². The molecule has 5 heteroatoms. The largest absolute Gasteiger partial charge is 0.313 e. The van der Waals surface area contributed by atoms with E-state index in [4.69, 9.17) is 5.26 Å². The van der Waals surface area contributed by atoms with E-state index in [1.165, 1.54) is 5.69 Å². The third-order valence-electron chi connectivity index (χ3n) is 3.26. The molecule has 0 saturated carbocycles. The van der Waals surface area contributed by atoms with E-state index in [0.29, 0.717) is 0 Å². The van der Waals surface area contributed by atoms with Gasteiger partial charge in [0.05, 0.1) is 17.5 Å². The van der Waals surface area contributed by atoms with Crippen LogP contribution in [-0.2, 0) is 20.0 Å². The molecule has 0 radical (unpaired) electrons. The van der Waals surface area contributed by atoms with Gasteiger partial charge in [-0.1, -0.05) is 6.92 Å². The van der Waals surface area contributed by atoms with Gasteiger partial charge in [-0.3, -0.25) is 9.58 Å². The minimum Gasteiger partial charge on any atom is -0.313 e. The van der Waals surface area contributed by atoms with Crippen LogP contribution in [0.3, 0.4) is 0 Å². The second-order valence-electron chi connectivity index (χ2n) is 4.42. The predicted molar refractivity (Wildman–Crippen MR) is 65.3 cm³/mol. The van der Waals surface area contributed by atoms with Gasteiger partial charge in [0.25, 0.3) is 0 Å². The minimum atomic E-state index is -0.0243. The van der Waals surface area contributed by atoms with Gasteiger partial charge in [-0.05, 0) is 12.5 Å². The highest BCUT2D eigenvalue weighted by molar-refractivity contribution is 5.11. The fourth-order valence-electron chi connectivity index (χ4n) is 2.16. The Kier molecular flexibility index (Phi) is 3.77. The average molecular weight is 233 g/mol. The zero-order valence-electron chi connectivity index (χ0n) is 10.5. The molecule has 5 nitrogen and oxygen atoms in total. The summed E-state index contributed by atoms with van der Waals surface area (Å²) >= 11 is 0. The van der Waals surface area contributed by atoms with Gasteiger partial charge in [0.2, 0.25) is 0 Å². The summed E-state index contributed by atoms with van der Waals surface area (Å²) in [7, 11) is 1.97. The molecule has 1 unspecified atom stereocenters. The summed E-state index contributed by atoms with van der Waals surface area (Å²) in [5.74, 6) is 0. The van der Waals surface area contributed by atoms with Gasteiger partial charge in [-0.2, -0.15) is 10.4 Å². The average Bonchev–Trinajstić information content (AvgIpc) is 2.71. The summed E-state index contributed by atoms with van der Waals surface area (Å²) < 4.78 is 1.93. The summed E-state index contributed by atoms with van der Waals surface area (Å²) in [5.41, 5.74) is 2.30. The number of hydrogen-bond acceptors (Lipinski definition) is 4. The standard InChI is InChI=1S/C12H19N5/c1-3-10-6-11(16(2)15-10)9-17-5-4-14-8-12(17)7-13/h6,12,14H,3-5,8-9H2,1-2H3. The van der Waals surface area contributed by atoms with Crippen molar-refractivity contribution in [1.82, 2.24) is 20.0 Å². The molecule has 1 aromatic heterocycles. The number of nitrogens with zero attached hydrogens (tertiary/aromatic N) is 4. The third kappa shape index (κ3) is 2.65. The Bertz CT molecular complexity index is 417. The van der Waals surface area contributed by atoms with Crippen molar-refractivity contribution in [3.8, 4) is 6.07 Å². The SMILES string of the molecule is CCc1cc(CN2CCNCC2C#N)n(C)n1. The molecule has 2 heterocycles. The lowest BCUT2D eigenvalue weighted by molar-refractivity contribution is 0.185. The summed E-state index contributed by atoms with van der Waals surface area (Å²) in [6, 6.07) is 4.46. The monoisotopic (exact) mass is 233 g/mol. The smallest absolute Gasteiger partial charge is 0.111 e. The first-order chi connectivity index (χ1) is 8.24. The van der Waals surface area contributed by atoms with Crippen molar-refractivity contribution in [2.45, 2.75) is 25.9 Å². The molecule has 1 aliphatic heterocycles. The van der Waals surface area contributed by atoms with Crippen LogP contribution >= 0.6 is 0 Å². The van der Waals surface area contributed by atoms with Gasteiger partial charge >= 0.3 is 0 Å². The molecular weight excluding hydrogens is 214 g/mol. The molecule has 1 aromatic rings. The summed E-state index contributed by atoms with van der Waals surface area (Å²) in [6.45, 7) is 5.55. The quantitative estimate of drug-likeness (QED) is 0.814. The van der Waals surface area contributed by atoms with Crippen LogP contribution in [0.1, 0.15) is 18.3 Å². The Morgan fingerprint density at radius 2 is 2.47 bits per heavy atom. The predicted octanol–water partition coefficient (Wildman–Crippen LogP) is 0.280. The molecule has 1 aliphatic rings. The van der Waals surface area contributed by atoms with Crippen molar-refractivity contribution in [3.63, 3.8) is 0 Å². The van der Waals surface area contributed by atoms with E-state index in [0.717, 1.165) is 38.3 Å². The van der Waals surface area contributed by atoms with Crippen LogP contribution in [0.5, 0.6) is 0 Å². The second kappa shape index (κ2) is 5.30. The van der Waals surface area contributed by atoms with E-state index in [-0.39, 0.29) is 6.04 Å². The maximum Gasteiger partial charge on any atom is 0.111 e. The number of aryl methyl sites for hydroxylation is 2. The highest BCUT2D eigenvalue weighted by atomic mass is 15.3. The molecule has 1 saturated heterocycles. The van der Waals surface area contributed by atoms with Gasteiger partial charge in [-0.25, -0.2) is 0 Å². The van der Waals surface area contributed by atoms with E-state index >= 15 is 0 Å². The molecule has 17 heavy (non-hydrogen) atoms. The Balaban J connectivity index is 2.08. The molecule has 0 aliphatic carbocycles. The van der Waals surface area contributed by atoms with Gasteiger partial charge in [-0.15, -0.1) is 0 Å². The summed E-state index contributed by atoms with van der Waals surface area (Å²) in [4.78, 5) is 2.22. The molecule has 0 aromatic carbocycles. The van der Waals surface area contributed by atoms with E-state index in [2.05, 4.69) is 34.4 Å². The lowest BCUT2D eigenvalue weighted by Gasteiger charge is -2.31. The zero-order chi connectivity index (χ0) is 12.3. The maximum atomic E-state index is 9.11. The van der Waals surface area contributed by atoms with E-state index in [9.17, 15) is 0 Å². The normalized spacial score (nSPS) is 21.4. The summed E-state index contributed by atoms with van der Waals surface area (Å²) in [5, 5.41) is 16.8. The van der Waals surface area contributed by atoms with Gasteiger partial charge in [0.15, 0.2) is 0 Å². The van der Waals surface area contributed by atoms with Crippen LogP contribution in [0.2, 0.25) is 0 Å². The number of nitrogens with one attached hydrogen (secondary N) is 1. The zero-order valence-corrected chi connectivity index (χ0v) is 10.5. The molecule has 0 spiro atoms. The Morgan fingerprint density at radius 1 is 1.65 bits per heavy atom. The lowest BCUT2D eigenvalue weighted by Crippen LogP contribution is -2.50. The first kappa shape index (κ1) is 12.1. The lowest BCUT2D eigenvalue weighted by atomic mass is 10.2. The highest BCUT2D eigenvalue weighted by Gasteiger charge is 2.22. The van der Waals surface area contributed by atoms with Crippen molar-refractivity contribution < 1.29 is 0 Å². The van der Waals surface area contributed by atoms with Crippen LogP contribution < -0.4 is 5.32 Å². The van der Waals surface area contributed by atoms with Crippen LogP contribution in [0.25, 0.3) is 0 Å². The first-order valence-corrected chi connectivity index (χ1v) is 6.10. The molecular formula is C12H19N5. The van der Waals surface area contributed by atoms with Crippen molar-refractivity contribution >= 4 is 0 Å². The van der Waals surface area contributed by atoms with E-state index in [1.807, 2.05) is 11.7 Å². The van der Waals surface area contributed by atoms with Crippen LogP contribution in [0.4, 0.5) is 0 Å². The first-order valence-electron chi connectivity index (χ1n) is 6.10. The Labute approximate surface area is 102 Å². The molecule has 0 amide bonds. The van der Waals surface area contributed by atoms with Crippen LogP contribution in [0, 0.1) is 11.3 Å². The topological polar surface area (TPSA) is 56.9 Å². The number of aromatic nitrogens is 2. The maximum absolute atomic E-state index is 9.11. The summed E-state index contributed by atoms with van der Waals surface area (Å²) in [6.07, 6.45) is 0.955. The molecule has 1 N–H and O–H groups in total. The van der Waals surface area contributed by atoms with Crippen molar-refractivity contribution in [3.05, 3.63) is 17.5 Å². The van der Waals surface area contributed by atoms with Gasteiger partial charge < -0.3 is 5.32 Å². The van der Waals surface area contributed by atoms with Crippen molar-refractivity contribution in [2.24, 2.45) is 7.05 Å². The Morgan fingerprint density at radius 3 is 3.12 bits per heavy atom. The highest BCUT2D eigenvalue weighted by Crippen LogP contribution is 2.11. The molecule has 2 rings (SSSR count). The third-order valence-corrected chi connectivity index (χ3v) is 3.26. The fraction of sp³-hybridized carbons (Fsp3) is 0.667. The number of rotatable bonds is 3. The molecule has 1 fully saturated rings. The fourth-order valence-corrected chi connectivity index (χ4v) is 2.16. The number of nitriles is 1. The molecule has 92 valence electrons. The van der Waals surface area contributed by atoms with E-state index in [1.54, 1.807) is 0 Å². The second-order valence-corrected chi connectivity index (χ2v) is 4.42. The van der Waals surface area contributed by atoms with Gasteiger partial charge in [0.1, 0.15) is 6.04 Å². The van der Waals surface area contributed by atoms with Crippen LogP contribution in [-0.4, -0.2) is 40.4 Å². The van der Waals surface area contributed by atoms with Crippen molar-refractivity contribution in [1.29, 1.82) is 5.26 Å². The minimum absolute atomic E-state index is 0.0243. The van der Waals surface area contributed by atoms with Crippen molar-refractivity contribution in [2.75, 3.05) is 19.6 Å². The Hall–Kier alpha value is -1.38. The molecule has 1 atom stereocenters.